The molecule has 0 fully saturated rings. The average molecular weight is 342 g/mol. The second-order valence-electron chi connectivity index (χ2n) is 6.61. The van der Waals surface area contributed by atoms with Gasteiger partial charge in [0, 0.05) is 18.4 Å². The number of rotatable bonds is 2. The zero-order valence-electron chi connectivity index (χ0n) is 14.2. The molecule has 2 N–H and O–H groups in total. The van der Waals surface area contributed by atoms with Crippen LogP contribution in [0.1, 0.15) is 35.8 Å². The lowest BCUT2D eigenvalue weighted by Gasteiger charge is -2.34. The molecular formula is C22H18N2O2. The van der Waals surface area contributed by atoms with Crippen LogP contribution in [0.2, 0.25) is 0 Å². The highest BCUT2D eigenvalue weighted by atomic mass is 16.5. The molecule has 0 amide bonds. The molecule has 128 valence electrons. The Bertz CT molecular complexity index is 953. The van der Waals surface area contributed by atoms with Crippen LogP contribution in [0.25, 0.3) is 0 Å². The van der Waals surface area contributed by atoms with Gasteiger partial charge in [0.1, 0.15) is 17.4 Å². The summed E-state index contributed by atoms with van der Waals surface area (Å²) >= 11 is 0. The number of carbonyl (C=O) groups excluding carboxylic acids is 1. The van der Waals surface area contributed by atoms with Crippen LogP contribution in [0.4, 0.5) is 0 Å². The van der Waals surface area contributed by atoms with Crippen molar-refractivity contribution in [2.45, 2.75) is 24.7 Å². The number of allylic oxidation sites excluding steroid dienone is 3. The molecule has 2 aromatic carbocycles. The molecule has 1 aliphatic heterocycles. The lowest BCUT2D eigenvalue weighted by molar-refractivity contribution is -0.117. The summed E-state index contributed by atoms with van der Waals surface area (Å²) in [6.07, 6.45) is 1.02. The largest absolute Gasteiger partial charge is 0.444 e. The van der Waals surface area contributed by atoms with Crippen LogP contribution in [0.5, 0.6) is 0 Å². The monoisotopic (exact) mass is 342 g/mol. The topological polar surface area (TPSA) is 76.1 Å². The van der Waals surface area contributed by atoms with E-state index in [1.165, 1.54) is 0 Å². The van der Waals surface area contributed by atoms with Crippen LogP contribution in [-0.4, -0.2) is 5.78 Å². The van der Waals surface area contributed by atoms with Crippen molar-refractivity contribution >= 4 is 5.78 Å². The Hall–Kier alpha value is -3.32. The molecule has 4 heteroatoms. The molecule has 4 rings (SSSR count). The summed E-state index contributed by atoms with van der Waals surface area (Å²) in [5.74, 6) is 0.334. The van der Waals surface area contributed by atoms with Crippen LogP contribution in [0.15, 0.2) is 83.5 Å². The van der Waals surface area contributed by atoms with Crippen molar-refractivity contribution in [1.82, 2.24) is 0 Å². The van der Waals surface area contributed by atoms with Gasteiger partial charge in [-0.05, 0) is 17.0 Å². The molecule has 0 saturated heterocycles. The van der Waals surface area contributed by atoms with Gasteiger partial charge in [0.2, 0.25) is 5.88 Å². The van der Waals surface area contributed by atoms with E-state index in [9.17, 15) is 10.1 Å². The van der Waals surface area contributed by atoms with Crippen molar-refractivity contribution < 1.29 is 9.53 Å². The quantitative estimate of drug-likeness (QED) is 0.898. The first-order chi connectivity index (χ1) is 12.7. The van der Waals surface area contributed by atoms with Gasteiger partial charge in [0.05, 0.1) is 5.92 Å². The Morgan fingerprint density at radius 3 is 2.19 bits per heavy atom. The molecule has 0 radical (unpaired) electrons. The van der Waals surface area contributed by atoms with Crippen LogP contribution in [-0.2, 0) is 9.53 Å². The second kappa shape index (κ2) is 6.53. The molecule has 4 nitrogen and oxygen atoms in total. The first-order valence-electron chi connectivity index (χ1n) is 8.62. The van der Waals surface area contributed by atoms with Gasteiger partial charge in [-0.1, -0.05) is 60.7 Å². The van der Waals surface area contributed by atoms with Crippen LogP contribution in [0, 0.1) is 11.3 Å². The zero-order valence-corrected chi connectivity index (χ0v) is 14.2. The lowest BCUT2D eigenvalue weighted by Crippen LogP contribution is -2.29. The summed E-state index contributed by atoms with van der Waals surface area (Å²) < 4.78 is 5.76. The van der Waals surface area contributed by atoms with E-state index in [4.69, 9.17) is 10.5 Å². The number of nitrogens with zero attached hydrogens (tertiary/aromatic N) is 1. The summed E-state index contributed by atoms with van der Waals surface area (Å²) in [5.41, 5.74) is 8.92. The minimum absolute atomic E-state index is 0.0224. The normalized spacial score (nSPS) is 22.5. The molecule has 0 unspecified atom stereocenters. The van der Waals surface area contributed by atoms with Gasteiger partial charge >= 0.3 is 0 Å². The average Bonchev–Trinajstić information content (AvgIpc) is 2.68. The molecule has 26 heavy (non-hydrogen) atoms. The first kappa shape index (κ1) is 16.2. The van der Waals surface area contributed by atoms with E-state index in [1.807, 2.05) is 60.7 Å². The van der Waals surface area contributed by atoms with Crippen molar-refractivity contribution in [1.29, 1.82) is 5.26 Å². The summed E-state index contributed by atoms with van der Waals surface area (Å²) in [4.78, 5) is 13.1. The number of nitriles is 1. The van der Waals surface area contributed by atoms with Gasteiger partial charge in [-0.15, -0.1) is 0 Å². The predicted molar refractivity (Wildman–Crippen MR) is 97.5 cm³/mol. The van der Waals surface area contributed by atoms with E-state index < -0.39 is 5.92 Å². The molecule has 1 heterocycles. The highest BCUT2D eigenvalue weighted by Gasteiger charge is 2.40. The fourth-order valence-electron chi connectivity index (χ4n) is 3.85. The Kier molecular flexibility index (Phi) is 4.06. The third-order valence-corrected chi connectivity index (χ3v) is 5.06. The number of nitrogens with two attached hydrogens (primary N) is 1. The van der Waals surface area contributed by atoms with Crippen LogP contribution in [0.3, 0.4) is 0 Å². The SMILES string of the molecule is N#CC1=C(N)OC2=C(C(=O)C[C@@H](c3ccccc3)C2)[C@H]1c1ccccc1. The number of carbonyl (C=O) groups is 1. The van der Waals surface area contributed by atoms with E-state index in [-0.39, 0.29) is 17.6 Å². The summed E-state index contributed by atoms with van der Waals surface area (Å²) in [6, 6.07) is 21.6. The highest BCUT2D eigenvalue weighted by molar-refractivity contribution is 6.00. The third kappa shape index (κ3) is 2.68. The molecule has 0 spiro atoms. The molecule has 0 aromatic heterocycles. The third-order valence-electron chi connectivity index (χ3n) is 5.06. The van der Waals surface area contributed by atoms with Crippen LogP contribution >= 0.6 is 0 Å². The number of ether oxygens (including phenoxy) is 1. The number of ketones is 1. The number of Topliss-reactive ketones (excluding diaryl/α,β-unsaturated/α-hetero) is 1. The van der Waals surface area contributed by atoms with Gasteiger partial charge in [-0.25, -0.2) is 0 Å². The highest BCUT2D eigenvalue weighted by Crippen LogP contribution is 2.46. The van der Waals surface area contributed by atoms with Gasteiger partial charge in [-0.3, -0.25) is 4.79 Å². The van der Waals surface area contributed by atoms with E-state index in [0.717, 1.165) is 11.1 Å². The minimum atomic E-state index is -0.450. The number of hydrogen-bond acceptors (Lipinski definition) is 4. The second-order valence-corrected chi connectivity index (χ2v) is 6.61. The van der Waals surface area contributed by atoms with Gasteiger partial charge in [-0.2, -0.15) is 5.26 Å². The number of benzene rings is 2. The van der Waals surface area contributed by atoms with Crippen molar-refractivity contribution in [3.63, 3.8) is 0 Å². The molecule has 2 aromatic rings. The van der Waals surface area contributed by atoms with Crippen molar-refractivity contribution in [2.75, 3.05) is 0 Å². The van der Waals surface area contributed by atoms with E-state index in [0.29, 0.717) is 29.7 Å². The van der Waals surface area contributed by atoms with Gasteiger partial charge < -0.3 is 10.5 Å². The standard InChI is InChI=1S/C22H18N2O2/c23-13-17-20(15-9-5-2-6-10-15)21-18(25)11-16(12-19(21)26-22(17)24)14-7-3-1-4-8-14/h1-10,16,20H,11-12,24H2/t16-,20+/m1/s1. The maximum Gasteiger partial charge on any atom is 0.205 e. The van der Waals surface area contributed by atoms with Gasteiger partial charge in [0.25, 0.3) is 0 Å². The number of hydrogen-bond donors (Lipinski definition) is 1. The van der Waals surface area contributed by atoms with Crippen molar-refractivity contribution in [2.24, 2.45) is 5.73 Å². The van der Waals surface area contributed by atoms with E-state index >= 15 is 0 Å². The lowest BCUT2D eigenvalue weighted by atomic mass is 9.74. The molecule has 2 atom stereocenters. The summed E-state index contributed by atoms with van der Waals surface area (Å²) in [7, 11) is 0. The predicted octanol–water partition coefficient (Wildman–Crippen LogP) is 3.90. The fraction of sp³-hybridized carbons (Fsp3) is 0.182. The smallest absolute Gasteiger partial charge is 0.205 e. The van der Waals surface area contributed by atoms with E-state index in [2.05, 4.69) is 6.07 Å². The Labute approximate surface area is 152 Å². The Morgan fingerprint density at radius 1 is 0.962 bits per heavy atom. The molecule has 0 bridgehead atoms. The Balaban J connectivity index is 1.79. The zero-order chi connectivity index (χ0) is 18.1. The van der Waals surface area contributed by atoms with Crippen LogP contribution < -0.4 is 5.73 Å². The molecule has 0 saturated carbocycles. The Morgan fingerprint density at radius 2 is 1.58 bits per heavy atom. The molecular weight excluding hydrogens is 324 g/mol. The summed E-state index contributed by atoms with van der Waals surface area (Å²) in [6.45, 7) is 0. The molecule has 1 aliphatic carbocycles. The van der Waals surface area contributed by atoms with Gasteiger partial charge in [0.15, 0.2) is 5.78 Å². The van der Waals surface area contributed by atoms with E-state index in [1.54, 1.807) is 0 Å². The van der Waals surface area contributed by atoms with Crippen molar-refractivity contribution in [3.05, 3.63) is 94.6 Å². The first-order valence-corrected chi connectivity index (χ1v) is 8.62. The van der Waals surface area contributed by atoms with Crippen molar-refractivity contribution in [3.8, 4) is 6.07 Å². The summed E-state index contributed by atoms with van der Waals surface area (Å²) in [5, 5.41) is 9.60. The maximum absolute atomic E-state index is 13.1. The molecule has 2 aliphatic rings. The minimum Gasteiger partial charge on any atom is -0.444 e. The maximum atomic E-state index is 13.1. The fourth-order valence-corrected chi connectivity index (χ4v) is 3.85.